The van der Waals surface area contributed by atoms with Crippen molar-refractivity contribution in [3.8, 4) is 0 Å². The van der Waals surface area contributed by atoms with Crippen LogP contribution in [0.3, 0.4) is 0 Å². The van der Waals surface area contributed by atoms with Crippen molar-refractivity contribution in [3.63, 3.8) is 0 Å². The molecule has 0 fully saturated rings. The molecule has 0 aliphatic rings. The van der Waals surface area contributed by atoms with Gasteiger partial charge < -0.3 is 10.5 Å². The highest BCUT2D eigenvalue weighted by Gasteiger charge is 2.03. The molecule has 3 nitrogen and oxygen atoms in total. The predicted molar refractivity (Wildman–Crippen MR) is 54.5 cm³/mol. The number of esters is 1. The number of hydrogen-bond acceptors (Lipinski definition) is 3. The van der Waals surface area contributed by atoms with Gasteiger partial charge in [0, 0.05) is 18.2 Å². The Morgan fingerprint density at radius 2 is 2.31 bits per heavy atom. The van der Waals surface area contributed by atoms with Crippen LogP contribution in [0.25, 0.3) is 0 Å². The molecular formula is C9H12BNO2. The van der Waals surface area contributed by atoms with E-state index in [1.165, 1.54) is 6.92 Å². The van der Waals surface area contributed by atoms with Crippen molar-refractivity contribution >= 4 is 25.0 Å². The first-order chi connectivity index (χ1) is 6.11. The Labute approximate surface area is 78.3 Å². The van der Waals surface area contributed by atoms with Gasteiger partial charge in [-0.1, -0.05) is 17.6 Å². The van der Waals surface area contributed by atoms with Crippen LogP contribution < -0.4 is 11.2 Å². The lowest BCUT2D eigenvalue weighted by Gasteiger charge is -2.08. The fraction of sp³-hybridized carbons (Fsp3) is 0.222. The quantitative estimate of drug-likeness (QED) is 0.379. The summed E-state index contributed by atoms with van der Waals surface area (Å²) in [4.78, 5) is 10.6. The van der Waals surface area contributed by atoms with E-state index in [0.29, 0.717) is 5.69 Å². The molecule has 0 saturated heterocycles. The number of anilines is 1. The van der Waals surface area contributed by atoms with Gasteiger partial charge in [0.25, 0.3) is 0 Å². The summed E-state index contributed by atoms with van der Waals surface area (Å²) in [5.41, 5.74) is 8.31. The minimum atomic E-state index is -0.289. The number of nitrogen functional groups attached to an aromatic ring is 1. The molecule has 1 aromatic carbocycles. The fourth-order valence-corrected chi connectivity index (χ4v) is 1.10. The average Bonchev–Trinajstić information content (AvgIpc) is 2.03. The van der Waals surface area contributed by atoms with Gasteiger partial charge in [0.1, 0.15) is 14.5 Å². The summed E-state index contributed by atoms with van der Waals surface area (Å²) in [6.45, 7) is 1.64. The topological polar surface area (TPSA) is 52.3 Å². The maximum Gasteiger partial charge on any atom is 0.302 e. The zero-order valence-electron chi connectivity index (χ0n) is 7.83. The van der Waals surface area contributed by atoms with Crippen molar-refractivity contribution in [2.75, 3.05) is 5.73 Å². The number of carbonyl (C=O) groups is 1. The normalized spacial score (nSPS) is 9.62. The summed E-state index contributed by atoms with van der Waals surface area (Å²) in [5, 5.41) is 0. The molecule has 2 N–H and O–H groups in total. The molecule has 0 aliphatic carbocycles. The van der Waals surface area contributed by atoms with Crippen LogP contribution in [0, 0.1) is 0 Å². The van der Waals surface area contributed by atoms with Gasteiger partial charge in [0.05, 0.1) is 0 Å². The van der Waals surface area contributed by atoms with E-state index < -0.39 is 0 Å². The van der Waals surface area contributed by atoms with Gasteiger partial charge in [-0.15, -0.1) is 0 Å². The second kappa shape index (κ2) is 3.98. The third-order valence-electron chi connectivity index (χ3n) is 1.87. The van der Waals surface area contributed by atoms with E-state index in [2.05, 4.69) is 0 Å². The molecule has 4 heteroatoms. The highest BCUT2D eigenvalue weighted by molar-refractivity contribution is 6.33. The Hall–Kier alpha value is -1.45. The molecule has 1 rings (SSSR count). The van der Waals surface area contributed by atoms with E-state index >= 15 is 0 Å². The van der Waals surface area contributed by atoms with Gasteiger partial charge >= 0.3 is 5.97 Å². The molecule has 1 aromatic rings. The van der Waals surface area contributed by atoms with E-state index in [4.69, 9.17) is 10.5 Å². The maximum absolute atomic E-state index is 10.6. The second-order valence-corrected chi connectivity index (χ2v) is 2.92. The summed E-state index contributed by atoms with van der Waals surface area (Å²) in [6, 6.07) is 5.61. The first-order valence-corrected chi connectivity index (χ1v) is 4.08. The van der Waals surface area contributed by atoms with Crippen molar-refractivity contribution in [2.24, 2.45) is 0 Å². The molecule has 13 heavy (non-hydrogen) atoms. The molecule has 0 aliphatic heterocycles. The Morgan fingerprint density at radius 1 is 1.62 bits per heavy atom. The molecule has 0 bridgehead atoms. The minimum Gasteiger partial charge on any atom is -0.461 e. The van der Waals surface area contributed by atoms with E-state index in [-0.39, 0.29) is 12.6 Å². The van der Waals surface area contributed by atoms with Crippen molar-refractivity contribution in [3.05, 3.63) is 23.8 Å². The number of benzene rings is 1. The number of ether oxygens (including phenoxy) is 1. The number of nitrogens with two attached hydrogens (primary N) is 1. The van der Waals surface area contributed by atoms with Gasteiger partial charge in [0.2, 0.25) is 0 Å². The lowest BCUT2D eigenvalue weighted by Crippen LogP contribution is -2.15. The number of carbonyl (C=O) groups excluding carboxylic acids is 1. The number of hydrogen-bond donors (Lipinski definition) is 1. The SMILES string of the molecule is Bc1cccc(N)c1COC(C)=O. The van der Waals surface area contributed by atoms with E-state index in [0.717, 1.165) is 11.0 Å². The van der Waals surface area contributed by atoms with Crippen LogP contribution in [0.15, 0.2) is 18.2 Å². The highest BCUT2D eigenvalue weighted by Crippen LogP contribution is 2.08. The van der Waals surface area contributed by atoms with Crippen molar-refractivity contribution < 1.29 is 9.53 Å². The fourth-order valence-electron chi connectivity index (χ4n) is 1.10. The summed E-state index contributed by atoms with van der Waals surface area (Å²) >= 11 is 0. The summed E-state index contributed by atoms with van der Waals surface area (Å²) in [7, 11) is 1.94. The van der Waals surface area contributed by atoms with Crippen molar-refractivity contribution in [1.82, 2.24) is 0 Å². The van der Waals surface area contributed by atoms with Gasteiger partial charge in [-0.2, -0.15) is 0 Å². The van der Waals surface area contributed by atoms with Crippen LogP contribution in [-0.4, -0.2) is 13.8 Å². The lowest BCUT2D eigenvalue weighted by atomic mass is 9.90. The van der Waals surface area contributed by atoms with Crippen molar-refractivity contribution in [2.45, 2.75) is 13.5 Å². The first-order valence-electron chi connectivity index (χ1n) is 4.08. The third kappa shape index (κ3) is 2.51. The van der Waals surface area contributed by atoms with Gasteiger partial charge in [0.15, 0.2) is 0 Å². The Kier molecular flexibility index (Phi) is 2.95. The summed E-state index contributed by atoms with van der Waals surface area (Å²) in [5.74, 6) is -0.289. The van der Waals surface area contributed by atoms with Crippen LogP contribution in [-0.2, 0) is 16.1 Å². The molecule has 0 amide bonds. The summed E-state index contributed by atoms with van der Waals surface area (Å²) < 4.78 is 4.87. The van der Waals surface area contributed by atoms with Gasteiger partial charge in [-0.3, -0.25) is 4.79 Å². The van der Waals surface area contributed by atoms with Gasteiger partial charge in [-0.25, -0.2) is 0 Å². The molecular weight excluding hydrogens is 165 g/mol. The molecule has 0 saturated carbocycles. The molecule has 68 valence electrons. The average molecular weight is 177 g/mol. The molecule has 0 radical (unpaired) electrons. The summed E-state index contributed by atoms with van der Waals surface area (Å²) in [6.07, 6.45) is 0. The van der Waals surface area contributed by atoms with Crippen molar-refractivity contribution in [1.29, 1.82) is 0 Å². The Balaban J connectivity index is 2.81. The largest absolute Gasteiger partial charge is 0.461 e. The molecule has 0 unspecified atom stereocenters. The van der Waals surface area contributed by atoms with E-state index in [1.54, 1.807) is 6.07 Å². The second-order valence-electron chi connectivity index (χ2n) is 2.92. The zero-order valence-corrected chi connectivity index (χ0v) is 7.83. The van der Waals surface area contributed by atoms with Crippen LogP contribution >= 0.6 is 0 Å². The molecule has 0 heterocycles. The first kappa shape index (κ1) is 9.64. The van der Waals surface area contributed by atoms with Crippen LogP contribution in [0.2, 0.25) is 0 Å². The highest BCUT2D eigenvalue weighted by atomic mass is 16.5. The third-order valence-corrected chi connectivity index (χ3v) is 1.87. The Bertz CT molecular complexity index is 305. The van der Waals surface area contributed by atoms with E-state index in [9.17, 15) is 4.79 Å². The number of rotatable bonds is 2. The predicted octanol–water partition coefficient (Wildman–Crippen LogP) is -0.410. The smallest absolute Gasteiger partial charge is 0.302 e. The lowest BCUT2D eigenvalue weighted by molar-refractivity contribution is -0.142. The zero-order chi connectivity index (χ0) is 9.84. The Morgan fingerprint density at radius 3 is 2.85 bits per heavy atom. The monoisotopic (exact) mass is 177 g/mol. The van der Waals surface area contributed by atoms with E-state index in [1.807, 2.05) is 20.0 Å². The molecule has 0 aromatic heterocycles. The standard InChI is InChI=1S/C9H12BNO2/c1-6(12)13-5-7-8(10)3-2-4-9(7)11/h2-4H,5,10-11H2,1H3. The van der Waals surface area contributed by atoms with Crippen LogP contribution in [0.1, 0.15) is 12.5 Å². The molecule has 0 atom stereocenters. The maximum atomic E-state index is 10.6. The van der Waals surface area contributed by atoms with Crippen LogP contribution in [0.5, 0.6) is 0 Å². The van der Waals surface area contributed by atoms with Gasteiger partial charge in [-0.05, 0) is 6.07 Å². The minimum absolute atomic E-state index is 0.258. The van der Waals surface area contributed by atoms with Crippen LogP contribution in [0.4, 0.5) is 5.69 Å². The molecule has 0 spiro atoms.